The van der Waals surface area contributed by atoms with Gasteiger partial charge in [-0.1, -0.05) is 15.9 Å². The molecule has 1 aromatic carbocycles. The van der Waals surface area contributed by atoms with Crippen LogP contribution in [0, 0.1) is 5.82 Å². The van der Waals surface area contributed by atoms with Crippen molar-refractivity contribution >= 4 is 27.9 Å². The number of carbonyl (C=O) groups is 2. The van der Waals surface area contributed by atoms with Crippen molar-refractivity contribution in [2.45, 2.75) is 6.04 Å². The lowest BCUT2D eigenvalue weighted by molar-refractivity contribution is -0.141. The fourth-order valence-corrected chi connectivity index (χ4v) is 2.28. The Labute approximate surface area is 117 Å². The molecule has 102 valence electrons. The number of benzene rings is 1. The summed E-state index contributed by atoms with van der Waals surface area (Å²) < 4.78 is 19.0. The Kier molecular flexibility index (Phi) is 4.04. The van der Waals surface area contributed by atoms with Crippen LogP contribution in [0.4, 0.5) is 9.18 Å². The molecule has 1 saturated heterocycles. The van der Waals surface area contributed by atoms with Gasteiger partial charge >= 0.3 is 12.0 Å². The minimum absolute atomic E-state index is 0.144. The van der Waals surface area contributed by atoms with E-state index in [0.29, 0.717) is 5.56 Å². The highest BCUT2D eigenvalue weighted by molar-refractivity contribution is 9.10. The van der Waals surface area contributed by atoms with Gasteiger partial charge in [0, 0.05) is 16.6 Å². The fraction of sp³-hybridized carbons (Fsp3) is 0.333. The third-order valence-corrected chi connectivity index (χ3v) is 3.36. The maximum Gasteiger partial charge on any atom is 0.325 e. The summed E-state index contributed by atoms with van der Waals surface area (Å²) in [5.74, 6) is -0.904. The summed E-state index contributed by atoms with van der Waals surface area (Å²) in [4.78, 5) is 24.1. The Morgan fingerprint density at radius 1 is 1.63 bits per heavy atom. The third kappa shape index (κ3) is 3.04. The van der Waals surface area contributed by atoms with Gasteiger partial charge in [-0.2, -0.15) is 0 Å². The predicted molar refractivity (Wildman–Crippen MR) is 69.0 cm³/mol. The number of carbonyl (C=O) groups excluding carboxylic acids is 2. The second-order valence-electron chi connectivity index (χ2n) is 4.12. The van der Waals surface area contributed by atoms with Crippen LogP contribution in [0.2, 0.25) is 0 Å². The number of nitrogens with one attached hydrogen (secondary N) is 1. The van der Waals surface area contributed by atoms with Crippen LogP contribution in [0.15, 0.2) is 22.7 Å². The molecule has 1 fully saturated rings. The lowest BCUT2D eigenvalue weighted by Crippen LogP contribution is -2.33. The number of rotatable bonds is 3. The van der Waals surface area contributed by atoms with Gasteiger partial charge in [-0.25, -0.2) is 9.18 Å². The highest BCUT2D eigenvalue weighted by Gasteiger charge is 2.32. The topological polar surface area (TPSA) is 58.6 Å². The first-order valence-corrected chi connectivity index (χ1v) is 6.37. The summed E-state index contributed by atoms with van der Waals surface area (Å²) in [7, 11) is 1.25. The number of ether oxygens (including phenoxy) is 1. The van der Waals surface area contributed by atoms with Crippen molar-refractivity contribution in [3.63, 3.8) is 0 Å². The first-order chi connectivity index (χ1) is 9.01. The van der Waals surface area contributed by atoms with Crippen LogP contribution in [0.1, 0.15) is 11.6 Å². The van der Waals surface area contributed by atoms with Gasteiger partial charge in [0.25, 0.3) is 0 Å². The first-order valence-electron chi connectivity index (χ1n) is 5.58. The molecule has 0 saturated carbocycles. The average molecular weight is 331 g/mol. The first kappa shape index (κ1) is 13.8. The summed E-state index contributed by atoms with van der Waals surface area (Å²) in [6.45, 7) is 0.0791. The number of hydrogen-bond donors (Lipinski definition) is 1. The second-order valence-corrected chi connectivity index (χ2v) is 5.04. The summed E-state index contributed by atoms with van der Waals surface area (Å²) in [6, 6.07) is 3.64. The van der Waals surface area contributed by atoms with Gasteiger partial charge in [-0.15, -0.1) is 0 Å². The average Bonchev–Trinajstić information content (AvgIpc) is 2.73. The molecule has 2 rings (SSSR count). The summed E-state index contributed by atoms with van der Waals surface area (Å²) >= 11 is 3.26. The zero-order valence-corrected chi connectivity index (χ0v) is 11.7. The van der Waals surface area contributed by atoms with E-state index in [2.05, 4.69) is 26.0 Å². The van der Waals surface area contributed by atoms with Crippen molar-refractivity contribution in [3.8, 4) is 0 Å². The molecule has 0 spiro atoms. The quantitative estimate of drug-likeness (QED) is 0.860. The maximum atomic E-state index is 13.7. The van der Waals surface area contributed by atoms with Gasteiger partial charge in [0.05, 0.1) is 13.2 Å². The Bertz CT molecular complexity index is 524. The normalized spacial score (nSPS) is 18.4. The van der Waals surface area contributed by atoms with Crippen LogP contribution in [-0.4, -0.2) is 37.1 Å². The number of nitrogens with zero attached hydrogens (tertiary/aromatic N) is 1. The van der Waals surface area contributed by atoms with Gasteiger partial charge in [0.2, 0.25) is 0 Å². The van der Waals surface area contributed by atoms with Crippen LogP contribution >= 0.6 is 15.9 Å². The molecule has 0 bridgehead atoms. The number of halogens is 2. The monoisotopic (exact) mass is 330 g/mol. The number of esters is 1. The Morgan fingerprint density at radius 2 is 2.37 bits per heavy atom. The summed E-state index contributed by atoms with van der Waals surface area (Å²) in [5.41, 5.74) is 0.384. The highest BCUT2D eigenvalue weighted by Crippen LogP contribution is 2.25. The minimum atomic E-state index is -0.509. The van der Waals surface area contributed by atoms with Gasteiger partial charge in [-0.3, -0.25) is 4.79 Å². The standard InChI is InChI=1S/C12H12BrFN2O3/c1-19-11(17)6-16-5-10(15-12(16)18)8-4-7(13)2-3-9(8)14/h2-4,10H,5-6H2,1H3,(H,15,18). The molecular weight excluding hydrogens is 319 g/mol. The number of amides is 2. The molecule has 0 radical (unpaired) electrons. The zero-order chi connectivity index (χ0) is 14.0. The van der Waals surface area contributed by atoms with Crippen molar-refractivity contribution in [1.82, 2.24) is 10.2 Å². The SMILES string of the molecule is COC(=O)CN1CC(c2cc(Br)ccc2F)NC1=O. The lowest BCUT2D eigenvalue weighted by Gasteiger charge is -2.13. The van der Waals surface area contributed by atoms with Crippen molar-refractivity contribution in [3.05, 3.63) is 34.1 Å². The molecular formula is C12H12BrFN2O3. The van der Waals surface area contributed by atoms with E-state index in [1.165, 1.54) is 18.1 Å². The van der Waals surface area contributed by atoms with Crippen LogP contribution in [-0.2, 0) is 9.53 Å². The third-order valence-electron chi connectivity index (χ3n) is 2.87. The number of urea groups is 1. The van der Waals surface area contributed by atoms with E-state index >= 15 is 0 Å². The molecule has 1 heterocycles. The number of hydrogen-bond acceptors (Lipinski definition) is 3. The van der Waals surface area contributed by atoms with Gasteiger partial charge in [-0.05, 0) is 18.2 Å². The summed E-state index contributed by atoms with van der Waals surface area (Å²) in [5, 5.41) is 2.64. The van der Waals surface area contributed by atoms with E-state index in [1.54, 1.807) is 12.1 Å². The molecule has 1 N–H and O–H groups in total. The minimum Gasteiger partial charge on any atom is -0.468 e. The molecule has 1 unspecified atom stereocenters. The Morgan fingerprint density at radius 3 is 3.05 bits per heavy atom. The van der Waals surface area contributed by atoms with Crippen LogP contribution in [0.25, 0.3) is 0 Å². The van der Waals surface area contributed by atoms with Crippen molar-refractivity contribution in [2.24, 2.45) is 0 Å². The Balaban J connectivity index is 2.14. The van der Waals surface area contributed by atoms with E-state index in [9.17, 15) is 14.0 Å². The molecule has 7 heteroatoms. The van der Waals surface area contributed by atoms with Gasteiger partial charge < -0.3 is 15.0 Å². The second kappa shape index (κ2) is 5.56. The number of methoxy groups -OCH3 is 1. The van der Waals surface area contributed by atoms with Crippen LogP contribution < -0.4 is 5.32 Å². The largest absolute Gasteiger partial charge is 0.468 e. The van der Waals surface area contributed by atoms with E-state index < -0.39 is 23.9 Å². The molecule has 5 nitrogen and oxygen atoms in total. The van der Waals surface area contributed by atoms with E-state index in [-0.39, 0.29) is 13.1 Å². The predicted octanol–water partition coefficient (Wildman–Crippen LogP) is 1.83. The fourth-order valence-electron chi connectivity index (χ4n) is 1.90. The molecule has 1 aliphatic rings. The molecule has 1 atom stereocenters. The smallest absolute Gasteiger partial charge is 0.325 e. The van der Waals surface area contributed by atoms with Gasteiger partial charge in [0.15, 0.2) is 0 Å². The molecule has 19 heavy (non-hydrogen) atoms. The maximum absolute atomic E-state index is 13.7. The molecule has 2 amide bonds. The Hall–Kier alpha value is -1.63. The molecule has 0 aliphatic carbocycles. The van der Waals surface area contributed by atoms with Crippen LogP contribution in [0.3, 0.4) is 0 Å². The van der Waals surface area contributed by atoms with E-state index in [0.717, 1.165) is 4.47 Å². The van der Waals surface area contributed by atoms with E-state index in [1.807, 2.05) is 0 Å². The lowest BCUT2D eigenvalue weighted by atomic mass is 10.1. The highest BCUT2D eigenvalue weighted by atomic mass is 79.9. The van der Waals surface area contributed by atoms with Crippen molar-refractivity contribution in [2.75, 3.05) is 20.2 Å². The van der Waals surface area contributed by atoms with E-state index in [4.69, 9.17) is 0 Å². The van der Waals surface area contributed by atoms with Crippen molar-refractivity contribution in [1.29, 1.82) is 0 Å². The molecule has 1 aromatic rings. The summed E-state index contributed by atoms with van der Waals surface area (Å²) in [6.07, 6.45) is 0. The molecule has 1 aliphatic heterocycles. The van der Waals surface area contributed by atoms with Crippen LogP contribution in [0.5, 0.6) is 0 Å². The van der Waals surface area contributed by atoms with Crippen molar-refractivity contribution < 1.29 is 18.7 Å². The zero-order valence-electron chi connectivity index (χ0n) is 10.2. The van der Waals surface area contributed by atoms with Gasteiger partial charge in [0.1, 0.15) is 12.4 Å². The molecule has 0 aromatic heterocycles.